The van der Waals surface area contributed by atoms with Crippen LogP contribution in [0.5, 0.6) is 5.75 Å². The number of benzene rings is 1. The molecule has 162 valence electrons. The molecule has 31 heavy (non-hydrogen) atoms. The highest BCUT2D eigenvalue weighted by atomic mass is 19.1. The summed E-state index contributed by atoms with van der Waals surface area (Å²) in [5.41, 5.74) is 2.52. The maximum Gasteiger partial charge on any atom is 0.151 e. The van der Waals surface area contributed by atoms with Gasteiger partial charge in [0.05, 0.1) is 17.9 Å². The van der Waals surface area contributed by atoms with E-state index in [1.807, 2.05) is 56.4 Å². The molecule has 2 saturated heterocycles. The third-order valence-corrected chi connectivity index (χ3v) is 6.84. The highest BCUT2D eigenvalue weighted by Gasteiger charge is 2.51. The highest BCUT2D eigenvalue weighted by molar-refractivity contribution is 5.74. The van der Waals surface area contributed by atoms with E-state index in [0.29, 0.717) is 23.1 Å². The quantitative estimate of drug-likeness (QED) is 0.672. The Labute approximate surface area is 180 Å². The zero-order valence-corrected chi connectivity index (χ0v) is 18.0. The van der Waals surface area contributed by atoms with Crippen LogP contribution < -0.4 is 10.2 Å². The molecule has 0 spiro atoms. The number of aromatic hydroxyl groups is 1. The number of aromatic nitrogens is 4. The van der Waals surface area contributed by atoms with E-state index in [2.05, 4.69) is 20.6 Å². The van der Waals surface area contributed by atoms with Gasteiger partial charge >= 0.3 is 0 Å². The smallest absolute Gasteiger partial charge is 0.151 e. The standard InChI is InChI=1S/C23H27FN6O/c1-23-9-8-16(26-23)11-19(22(23)24)30(3)21-7-6-18(27-28-21)17-5-4-14(10-20(17)31)15-12-25-29(2)13-15/h4-7,10,12-13,16,19,22,26,31H,8-9,11H2,1-3H3/t16?,19-,22-,23+/m1/s1. The summed E-state index contributed by atoms with van der Waals surface area (Å²) in [5, 5.41) is 26.8. The summed E-state index contributed by atoms with van der Waals surface area (Å²) in [5.74, 6) is 0.760. The van der Waals surface area contributed by atoms with Crippen LogP contribution >= 0.6 is 0 Å². The van der Waals surface area contributed by atoms with Crippen LogP contribution in [-0.2, 0) is 7.05 Å². The number of aryl methyl sites for hydroxylation is 1. The molecule has 2 aliphatic rings. The second-order valence-electron chi connectivity index (χ2n) is 9.02. The van der Waals surface area contributed by atoms with E-state index >= 15 is 4.39 Å². The van der Waals surface area contributed by atoms with Crippen molar-refractivity contribution in [2.24, 2.45) is 7.05 Å². The molecule has 3 aromatic rings. The Morgan fingerprint density at radius 1 is 1.23 bits per heavy atom. The van der Waals surface area contributed by atoms with E-state index in [0.717, 1.165) is 30.4 Å². The van der Waals surface area contributed by atoms with Crippen molar-refractivity contribution in [2.75, 3.05) is 11.9 Å². The molecule has 4 heterocycles. The predicted molar refractivity (Wildman–Crippen MR) is 118 cm³/mol. The fourth-order valence-electron chi connectivity index (χ4n) is 4.99. The predicted octanol–water partition coefficient (Wildman–Crippen LogP) is 3.31. The van der Waals surface area contributed by atoms with Crippen molar-refractivity contribution in [1.29, 1.82) is 0 Å². The largest absolute Gasteiger partial charge is 0.507 e. The molecule has 0 radical (unpaired) electrons. The van der Waals surface area contributed by atoms with Crippen LogP contribution in [-0.4, -0.2) is 55.9 Å². The number of hydrogen-bond donors (Lipinski definition) is 2. The van der Waals surface area contributed by atoms with Gasteiger partial charge in [-0.1, -0.05) is 6.07 Å². The third kappa shape index (κ3) is 3.44. The first-order valence-electron chi connectivity index (χ1n) is 10.6. The van der Waals surface area contributed by atoms with Gasteiger partial charge < -0.3 is 15.3 Å². The summed E-state index contributed by atoms with van der Waals surface area (Å²) in [7, 11) is 3.74. The number of alkyl halides is 1. The summed E-state index contributed by atoms with van der Waals surface area (Å²) in [4.78, 5) is 1.91. The number of nitrogens with one attached hydrogen (secondary N) is 1. The van der Waals surface area contributed by atoms with Crippen molar-refractivity contribution in [3.63, 3.8) is 0 Å². The number of phenols is 1. The molecular formula is C23H27FN6O. The second kappa shape index (κ2) is 7.30. The minimum Gasteiger partial charge on any atom is -0.507 e. The molecule has 2 aliphatic heterocycles. The van der Waals surface area contributed by atoms with E-state index in [1.165, 1.54) is 0 Å². The van der Waals surface area contributed by atoms with Gasteiger partial charge in [-0.05, 0) is 56.0 Å². The van der Waals surface area contributed by atoms with E-state index in [-0.39, 0.29) is 11.8 Å². The van der Waals surface area contributed by atoms with Crippen LogP contribution in [0.4, 0.5) is 10.2 Å². The molecule has 2 bridgehead atoms. The summed E-state index contributed by atoms with van der Waals surface area (Å²) < 4.78 is 17.0. The molecule has 0 saturated carbocycles. The first-order valence-corrected chi connectivity index (χ1v) is 10.6. The van der Waals surface area contributed by atoms with Crippen molar-refractivity contribution in [2.45, 2.75) is 50.0 Å². The maximum atomic E-state index is 15.2. The second-order valence-corrected chi connectivity index (χ2v) is 9.02. The van der Waals surface area contributed by atoms with Gasteiger partial charge in [0, 0.05) is 43.0 Å². The van der Waals surface area contributed by atoms with E-state index in [4.69, 9.17) is 0 Å². The lowest BCUT2D eigenvalue weighted by molar-refractivity contribution is 0.111. The van der Waals surface area contributed by atoms with Crippen LogP contribution in [0.2, 0.25) is 0 Å². The SMILES string of the molecule is CN(c1ccc(-c2ccc(-c3cnn(C)c3)cc2O)nn1)[C@@H]1CC2CC[C@](C)(N2)[C@@H]1F. The summed E-state index contributed by atoms with van der Waals surface area (Å²) >= 11 is 0. The fourth-order valence-corrected chi connectivity index (χ4v) is 4.99. The summed E-state index contributed by atoms with van der Waals surface area (Å²) in [6.07, 6.45) is 5.31. The van der Waals surface area contributed by atoms with Crippen LogP contribution in [0.25, 0.3) is 22.4 Å². The Hall–Kier alpha value is -3.00. The van der Waals surface area contributed by atoms with Gasteiger partial charge in [-0.15, -0.1) is 10.2 Å². The Balaban J connectivity index is 1.36. The number of phenolic OH excluding ortho intramolecular Hbond substituents is 1. The van der Waals surface area contributed by atoms with Gasteiger partial charge in [0.1, 0.15) is 11.9 Å². The average Bonchev–Trinajstić information content (AvgIpc) is 3.34. The molecule has 2 fully saturated rings. The van der Waals surface area contributed by atoms with Crippen molar-refractivity contribution in [3.05, 3.63) is 42.7 Å². The summed E-state index contributed by atoms with van der Waals surface area (Å²) in [6, 6.07) is 9.24. The Morgan fingerprint density at radius 3 is 2.74 bits per heavy atom. The molecule has 2 aromatic heterocycles. The number of hydrogen-bond acceptors (Lipinski definition) is 6. The molecule has 5 rings (SSSR count). The van der Waals surface area contributed by atoms with Crippen LogP contribution in [0, 0.1) is 0 Å². The molecule has 0 aliphatic carbocycles. The number of halogens is 1. The molecule has 1 aromatic carbocycles. The normalized spacial score (nSPS) is 27.4. The van der Waals surface area contributed by atoms with E-state index < -0.39 is 11.7 Å². The van der Waals surface area contributed by atoms with Crippen molar-refractivity contribution < 1.29 is 9.50 Å². The third-order valence-electron chi connectivity index (χ3n) is 6.84. The number of nitrogens with zero attached hydrogens (tertiary/aromatic N) is 5. The Bertz CT molecular complexity index is 1100. The molecule has 4 atom stereocenters. The number of anilines is 1. The molecule has 1 unspecified atom stereocenters. The van der Waals surface area contributed by atoms with Crippen molar-refractivity contribution in [3.8, 4) is 28.1 Å². The zero-order valence-electron chi connectivity index (χ0n) is 18.0. The van der Waals surface area contributed by atoms with Crippen LogP contribution in [0.15, 0.2) is 42.7 Å². The van der Waals surface area contributed by atoms with Crippen LogP contribution in [0.3, 0.4) is 0 Å². The highest BCUT2D eigenvalue weighted by Crippen LogP contribution is 2.40. The monoisotopic (exact) mass is 422 g/mol. The lowest BCUT2D eigenvalue weighted by Crippen LogP contribution is -2.62. The molecule has 2 N–H and O–H groups in total. The van der Waals surface area contributed by atoms with Gasteiger partial charge in [-0.25, -0.2) is 4.39 Å². The molecular weight excluding hydrogens is 395 g/mol. The van der Waals surface area contributed by atoms with Crippen molar-refractivity contribution >= 4 is 5.82 Å². The minimum absolute atomic E-state index is 0.128. The van der Waals surface area contributed by atoms with Gasteiger partial charge in [0.2, 0.25) is 0 Å². The zero-order chi connectivity index (χ0) is 21.8. The minimum atomic E-state index is -0.971. The molecule has 7 nitrogen and oxygen atoms in total. The average molecular weight is 423 g/mol. The van der Waals surface area contributed by atoms with Crippen LogP contribution in [0.1, 0.15) is 26.2 Å². The first kappa shape index (κ1) is 19.9. The molecule has 0 amide bonds. The fraction of sp³-hybridized carbons (Fsp3) is 0.435. The van der Waals surface area contributed by atoms with E-state index in [9.17, 15) is 5.11 Å². The van der Waals surface area contributed by atoms with Gasteiger partial charge in [-0.2, -0.15) is 5.10 Å². The van der Waals surface area contributed by atoms with Crippen molar-refractivity contribution in [1.82, 2.24) is 25.3 Å². The van der Waals surface area contributed by atoms with Gasteiger partial charge in [-0.3, -0.25) is 4.68 Å². The number of rotatable bonds is 4. The molecule has 8 heteroatoms. The first-order chi connectivity index (χ1) is 14.8. The lowest BCUT2D eigenvalue weighted by Gasteiger charge is -2.44. The van der Waals surface area contributed by atoms with Gasteiger partial charge in [0.15, 0.2) is 5.82 Å². The van der Waals surface area contributed by atoms with E-state index in [1.54, 1.807) is 16.9 Å². The number of piperidine rings is 1. The maximum absolute atomic E-state index is 15.2. The Kier molecular flexibility index (Phi) is 4.69. The lowest BCUT2D eigenvalue weighted by atomic mass is 9.86. The number of fused-ring (bicyclic) bond motifs is 2. The summed E-state index contributed by atoms with van der Waals surface area (Å²) in [6.45, 7) is 1.98. The van der Waals surface area contributed by atoms with Gasteiger partial charge in [0.25, 0.3) is 0 Å². The topological polar surface area (TPSA) is 79.1 Å². The Morgan fingerprint density at radius 2 is 2.06 bits per heavy atom.